The van der Waals surface area contributed by atoms with Crippen molar-refractivity contribution in [1.29, 1.82) is 0 Å². The van der Waals surface area contributed by atoms with Crippen LogP contribution in [0.1, 0.15) is 45.6 Å². The summed E-state index contributed by atoms with van der Waals surface area (Å²) in [6.07, 6.45) is 2.67. The quantitative estimate of drug-likeness (QED) is 0.842. The van der Waals surface area contributed by atoms with Crippen LogP contribution in [0.25, 0.3) is 0 Å². The fraction of sp³-hybridized carbons (Fsp3) is 0.700. The number of fused-ring (bicyclic) bond motifs is 2. The molecule has 3 rings (SSSR count). The van der Waals surface area contributed by atoms with Crippen LogP contribution in [-0.2, 0) is 10.3 Å². The van der Waals surface area contributed by atoms with Gasteiger partial charge >= 0.3 is 0 Å². The van der Waals surface area contributed by atoms with Gasteiger partial charge in [0.2, 0.25) is 0 Å². The Morgan fingerprint density at radius 3 is 2.35 bits per heavy atom. The molecule has 0 aromatic heterocycles. The molecule has 23 heavy (non-hydrogen) atoms. The molecule has 3 nitrogen and oxygen atoms in total. The molecule has 0 radical (unpaired) electrons. The predicted molar refractivity (Wildman–Crippen MR) is 93.0 cm³/mol. The number of aliphatic hydroxyl groups excluding tert-OH is 1. The van der Waals surface area contributed by atoms with Crippen molar-refractivity contribution in [2.75, 3.05) is 20.6 Å². The van der Waals surface area contributed by atoms with E-state index in [4.69, 9.17) is 4.74 Å². The molecule has 1 aromatic rings. The number of likely N-dealkylation sites (N-methyl/N-ethyl adjacent to an activating group) is 1. The largest absolute Gasteiger partial charge is 0.367 e. The maximum atomic E-state index is 10.6. The highest BCUT2D eigenvalue weighted by Gasteiger charge is 2.70. The molecule has 2 bridgehead atoms. The summed E-state index contributed by atoms with van der Waals surface area (Å²) in [5.41, 5.74) is 1.09. The molecule has 2 saturated carbocycles. The number of ether oxygens (including phenoxy) is 1. The number of hydrogen-bond acceptors (Lipinski definition) is 3. The van der Waals surface area contributed by atoms with Gasteiger partial charge < -0.3 is 14.7 Å². The minimum absolute atomic E-state index is 0.0410. The van der Waals surface area contributed by atoms with Crippen molar-refractivity contribution in [3.63, 3.8) is 0 Å². The highest BCUT2D eigenvalue weighted by atomic mass is 16.6. The Morgan fingerprint density at radius 2 is 1.87 bits per heavy atom. The van der Waals surface area contributed by atoms with Gasteiger partial charge in [0.05, 0.1) is 0 Å². The van der Waals surface area contributed by atoms with Crippen LogP contribution in [0.5, 0.6) is 0 Å². The monoisotopic (exact) mass is 317 g/mol. The third-order valence-electron chi connectivity index (χ3n) is 6.96. The fourth-order valence-corrected chi connectivity index (χ4v) is 5.22. The van der Waals surface area contributed by atoms with Crippen molar-refractivity contribution in [1.82, 2.24) is 4.90 Å². The molecule has 4 atom stereocenters. The number of benzene rings is 1. The van der Waals surface area contributed by atoms with Gasteiger partial charge in [-0.1, -0.05) is 51.1 Å². The molecule has 2 aliphatic rings. The maximum Gasteiger partial charge on any atom is 0.168 e. The van der Waals surface area contributed by atoms with E-state index in [2.05, 4.69) is 45.0 Å². The number of hydrogen-bond donors (Lipinski definition) is 1. The Labute approximate surface area is 140 Å². The van der Waals surface area contributed by atoms with E-state index in [0.29, 0.717) is 12.5 Å². The van der Waals surface area contributed by atoms with E-state index >= 15 is 0 Å². The Hall–Kier alpha value is -0.900. The van der Waals surface area contributed by atoms with Crippen LogP contribution in [-0.4, -0.2) is 36.9 Å². The first-order valence-corrected chi connectivity index (χ1v) is 8.79. The molecule has 2 aliphatic carbocycles. The summed E-state index contributed by atoms with van der Waals surface area (Å²) < 4.78 is 6.48. The molecule has 0 spiro atoms. The topological polar surface area (TPSA) is 32.7 Å². The van der Waals surface area contributed by atoms with Gasteiger partial charge in [-0.05, 0) is 50.3 Å². The molecular weight excluding hydrogens is 286 g/mol. The summed E-state index contributed by atoms with van der Waals surface area (Å²) in [6, 6.07) is 10.6. The third-order valence-corrected chi connectivity index (χ3v) is 6.96. The molecule has 3 heteroatoms. The molecule has 128 valence electrons. The van der Waals surface area contributed by atoms with Crippen LogP contribution < -0.4 is 0 Å². The van der Waals surface area contributed by atoms with Gasteiger partial charge in [-0.25, -0.2) is 0 Å². The lowest BCUT2D eigenvalue weighted by molar-refractivity contribution is -0.241. The SMILES string of the molecule is CN(C)CC(O)O[C@]1(c2ccccc2)C[C@H]2CC[C@]1(C)C2(C)C. The first-order valence-electron chi connectivity index (χ1n) is 8.79. The van der Waals surface area contributed by atoms with Gasteiger partial charge in [-0.3, -0.25) is 0 Å². The second-order valence-corrected chi connectivity index (χ2v) is 8.52. The molecule has 0 amide bonds. The maximum absolute atomic E-state index is 10.6. The van der Waals surface area contributed by atoms with E-state index in [-0.39, 0.29) is 10.8 Å². The summed E-state index contributed by atoms with van der Waals surface area (Å²) in [5, 5.41) is 10.6. The van der Waals surface area contributed by atoms with Gasteiger partial charge in [0.1, 0.15) is 5.60 Å². The minimum Gasteiger partial charge on any atom is -0.367 e. The molecular formula is C20H31NO2. The summed E-state index contributed by atoms with van der Waals surface area (Å²) in [7, 11) is 3.93. The van der Waals surface area contributed by atoms with E-state index in [9.17, 15) is 5.11 Å². The molecule has 1 unspecified atom stereocenters. The Kier molecular flexibility index (Phi) is 4.11. The second-order valence-electron chi connectivity index (χ2n) is 8.52. The molecule has 1 aromatic carbocycles. The zero-order chi connectivity index (χ0) is 16.9. The molecule has 2 fully saturated rings. The van der Waals surface area contributed by atoms with Gasteiger partial charge in [0, 0.05) is 12.0 Å². The summed E-state index contributed by atoms with van der Waals surface area (Å²) in [4.78, 5) is 1.98. The smallest absolute Gasteiger partial charge is 0.168 e. The highest BCUT2D eigenvalue weighted by molar-refractivity contribution is 5.32. The van der Waals surface area contributed by atoms with Crippen molar-refractivity contribution in [3.05, 3.63) is 35.9 Å². The predicted octanol–water partition coefficient (Wildman–Crippen LogP) is 3.62. The number of rotatable bonds is 5. The van der Waals surface area contributed by atoms with Crippen molar-refractivity contribution in [3.8, 4) is 0 Å². The van der Waals surface area contributed by atoms with Crippen molar-refractivity contribution in [2.45, 2.75) is 51.9 Å². The summed E-state index contributed by atoms with van der Waals surface area (Å²) >= 11 is 0. The third kappa shape index (κ3) is 2.36. The van der Waals surface area contributed by atoms with Crippen LogP contribution in [0.3, 0.4) is 0 Å². The van der Waals surface area contributed by atoms with Gasteiger partial charge in [-0.2, -0.15) is 0 Å². The first-order chi connectivity index (χ1) is 10.7. The van der Waals surface area contributed by atoms with E-state index in [1.54, 1.807) is 0 Å². The van der Waals surface area contributed by atoms with Gasteiger partial charge in [-0.15, -0.1) is 0 Å². The molecule has 1 N–H and O–H groups in total. The van der Waals surface area contributed by atoms with Crippen LogP contribution in [0.2, 0.25) is 0 Å². The number of aliphatic hydroxyl groups is 1. The Balaban J connectivity index is 2.03. The summed E-state index contributed by atoms with van der Waals surface area (Å²) in [6.45, 7) is 7.67. The van der Waals surface area contributed by atoms with Gasteiger partial charge in [0.25, 0.3) is 0 Å². The first kappa shape index (κ1) is 16.9. The Bertz CT molecular complexity index is 556. The minimum atomic E-state index is -0.766. The van der Waals surface area contributed by atoms with Crippen molar-refractivity contribution >= 4 is 0 Å². The lowest BCUT2D eigenvalue weighted by atomic mass is 9.62. The zero-order valence-corrected chi connectivity index (χ0v) is 15.2. The normalized spacial score (nSPS) is 36.6. The zero-order valence-electron chi connectivity index (χ0n) is 15.2. The lowest BCUT2D eigenvalue weighted by Crippen LogP contribution is -2.50. The Morgan fingerprint density at radius 1 is 1.22 bits per heavy atom. The molecule has 0 saturated heterocycles. The van der Waals surface area contributed by atoms with E-state index < -0.39 is 11.9 Å². The molecule has 0 aliphatic heterocycles. The van der Waals surface area contributed by atoms with Crippen LogP contribution in [0, 0.1) is 16.7 Å². The lowest BCUT2D eigenvalue weighted by Gasteiger charge is -2.49. The summed E-state index contributed by atoms with van der Waals surface area (Å²) in [5.74, 6) is 0.652. The average molecular weight is 317 g/mol. The van der Waals surface area contributed by atoms with Crippen LogP contribution >= 0.6 is 0 Å². The van der Waals surface area contributed by atoms with E-state index in [1.165, 1.54) is 12.0 Å². The second kappa shape index (κ2) is 5.58. The molecule has 0 heterocycles. The highest BCUT2D eigenvalue weighted by Crippen LogP contribution is 2.73. The standard InChI is InChI=1S/C20H31NO2/c1-18(2)16-11-12-19(18,3)20(13-16,15-9-7-6-8-10-15)23-17(22)14-21(4)5/h6-10,16-17,22H,11-14H2,1-5H3/t16-,17?,19-,20+/m1/s1. The van der Waals surface area contributed by atoms with Crippen LogP contribution in [0.15, 0.2) is 30.3 Å². The van der Waals surface area contributed by atoms with E-state index in [0.717, 1.165) is 12.8 Å². The van der Waals surface area contributed by atoms with Crippen LogP contribution in [0.4, 0.5) is 0 Å². The number of nitrogens with zero attached hydrogens (tertiary/aromatic N) is 1. The average Bonchev–Trinajstić information content (AvgIpc) is 2.79. The fourth-order valence-electron chi connectivity index (χ4n) is 5.22. The van der Waals surface area contributed by atoms with E-state index in [1.807, 2.05) is 25.1 Å². The van der Waals surface area contributed by atoms with Gasteiger partial charge in [0.15, 0.2) is 6.29 Å². The van der Waals surface area contributed by atoms with Crippen molar-refractivity contribution in [2.24, 2.45) is 16.7 Å². The van der Waals surface area contributed by atoms with Crippen molar-refractivity contribution < 1.29 is 9.84 Å².